The second-order valence-electron chi connectivity index (χ2n) is 7.94. The van der Waals surface area contributed by atoms with Crippen LogP contribution in [-0.2, 0) is 9.59 Å². The summed E-state index contributed by atoms with van der Waals surface area (Å²) >= 11 is 0. The molecule has 3 aromatic carbocycles. The van der Waals surface area contributed by atoms with Gasteiger partial charge in [0.1, 0.15) is 12.1 Å². The molecule has 9 nitrogen and oxygen atoms in total. The first-order valence-corrected chi connectivity index (χ1v) is 10.8. The number of rotatable bonds is 7. The highest BCUT2D eigenvalue weighted by atomic mass is 16.5. The number of fused-ring (bicyclic) bond motifs is 1. The molecular weight excluding hydrogens is 460 g/mol. The average Bonchev–Trinajstić information content (AvgIpc) is 3.21. The molecule has 0 aliphatic heterocycles. The van der Waals surface area contributed by atoms with Crippen LogP contribution in [0.2, 0.25) is 0 Å². The Labute approximate surface area is 205 Å². The normalized spacial score (nSPS) is 10.9. The first-order chi connectivity index (χ1) is 17.3. The van der Waals surface area contributed by atoms with E-state index in [0.717, 1.165) is 9.63 Å². The highest BCUT2D eigenvalue weighted by Crippen LogP contribution is 2.26. The van der Waals surface area contributed by atoms with Gasteiger partial charge in [-0.25, -0.2) is 4.98 Å². The van der Waals surface area contributed by atoms with Crippen LogP contribution in [0.15, 0.2) is 72.8 Å². The summed E-state index contributed by atoms with van der Waals surface area (Å²) in [6.07, 6.45) is 2.80. The third-order valence-corrected chi connectivity index (χ3v) is 5.49. The van der Waals surface area contributed by atoms with Crippen LogP contribution in [0, 0.1) is 11.3 Å². The number of benzene rings is 3. The molecular formula is C27H20N4O5. The first kappa shape index (κ1) is 23.9. The lowest BCUT2D eigenvalue weighted by Gasteiger charge is -2.19. The Morgan fingerprint density at radius 2 is 1.75 bits per heavy atom. The third kappa shape index (κ3) is 4.98. The third-order valence-electron chi connectivity index (χ3n) is 5.49. The van der Waals surface area contributed by atoms with Crippen molar-refractivity contribution in [3.05, 3.63) is 89.5 Å². The highest BCUT2D eigenvalue weighted by molar-refractivity contribution is 6.06. The number of nitrogens with zero attached hydrogens (tertiary/aromatic N) is 4. The van der Waals surface area contributed by atoms with E-state index in [9.17, 15) is 24.7 Å². The quantitative estimate of drug-likeness (QED) is 0.230. The molecule has 0 saturated heterocycles. The van der Waals surface area contributed by atoms with Crippen LogP contribution < -0.4 is 4.90 Å². The van der Waals surface area contributed by atoms with Gasteiger partial charge in [0, 0.05) is 22.9 Å². The maximum Gasteiger partial charge on any atom is 0.323 e. The molecule has 2 N–H and O–H groups in total. The van der Waals surface area contributed by atoms with E-state index in [1.807, 2.05) is 6.07 Å². The summed E-state index contributed by atoms with van der Waals surface area (Å²) in [6, 6.07) is 19.8. The summed E-state index contributed by atoms with van der Waals surface area (Å²) in [5.41, 5.74) is 3.35. The Hall–Kier alpha value is -5.23. The summed E-state index contributed by atoms with van der Waals surface area (Å²) < 4.78 is 0.880. The van der Waals surface area contributed by atoms with E-state index in [1.54, 1.807) is 66.7 Å². The van der Waals surface area contributed by atoms with E-state index in [0.29, 0.717) is 39.0 Å². The number of carbonyl (C=O) groups is 3. The van der Waals surface area contributed by atoms with Crippen LogP contribution in [-0.4, -0.2) is 44.2 Å². The van der Waals surface area contributed by atoms with E-state index in [-0.39, 0.29) is 11.6 Å². The van der Waals surface area contributed by atoms with E-state index < -0.39 is 18.4 Å². The minimum absolute atomic E-state index is 0.0682. The minimum atomic E-state index is -1.18. The van der Waals surface area contributed by atoms with Crippen molar-refractivity contribution in [3.63, 3.8) is 0 Å². The van der Waals surface area contributed by atoms with Gasteiger partial charge in [0.2, 0.25) is 0 Å². The number of aliphatic carboxylic acids is 1. The molecule has 0 unspecified atom stereocenters. The van der Waals surface area contributed by atoms with Gasteiger partial charge in [0.05, 0.1) is 17.1 Å². The Bertz CT molecular complexity index is 1540. The van der Waals surface area contributed by atoms with Gasteiger partial charge in [-0.1, -0.05) is 24.3 Å². The van der Waals surface area contributed by atoms with Crippen LogP contribution in [0.3, 0.4) is 0 Å². The fraction of sp³-hybridized carbons (Fsp3) is 0.0741. The van der Waals surface area contributed by atoms with E-state index in [2.05, 4.69) is 4.98 Å². The zero-order chi connectivity index (χ0) is 25.8. The molecule has 0 aliphatic carbocycles. The van der Waals surface area contributed by atoms with Gasteiger partial charge in [0.15, 0.2) is 11.6 Å². The van der Waals surface area contributed by atoms with Crippen molar-refractivity contribution in [2.45, 2.75) is 6.92 Å². The highest BCUT2D eigenvalue weighted by Gasteiger charge is 2.18. The predicted octanol–water partition coefficient (Wildman–Crippen LogP) is 4.15. The number of amides is 1. The zero-order valence-electron chi connectivity index (χ0n) is 19.1. The van der Waals surface area contributed by atoms with Crippen molar-refractivity contribution in [3.8, 4) is 17.5 Å². The molecule has 0 saturated carbocycles. The lowest BCUT2D eigenvalue weighted by Crippen LogP contribution is -2.34. The van der Waals surface area contributed by atoms with Crippen molar-refractivity contribution in [1.29, 1.82) is 5.26 Å². The van der Waals surface area contributed by atoms with E-state index in [1.165, 1.54) is 19.1 Å². The van der Waals surface area contributed by atoms with Crippen LogP contribution in [0.5, 0.6) is 0 Å². The number of carboxylic acid groups (broad SMARTS) is 1. The molecule has 0 bridgehead atoms. The molecule has 0 atom stereocenters. The standard InChI is InChI=1S/C27H20N4O5/c1-17(32)20-6-2-18(3-7-20)5-13-25(33)30(16-26(34)35)22-10-8-21(9-11-22)27-29-23-12-4-19(15-28)14-24(23)31(27)36/h2-14,36H,16H2,1H3,(H,34,35)/b13-5+. The molecule has 178 valence electrons. The Balaban J connectivity index is 1.59. The molecule has 9 heteroatoms. The molecule has 1 aromatic heterocycles. The topological polar surface area (TPSA) is 137 Å². The van der Waals surface area contributed by atoms with Crippen molar-refractivity contribution >= 4 is 40.5 Å². The monoisotopic (exact) mass is 480 g/mol. The molecule has 36 heavy (non-hydrogen) atoms. The second-order valence-corrected chi connectivity index (χ2v) is 7.94. The first-order valence-electron chi connectivity index (χ1n) is 10.8. The van der Waals surface area contributed by atoms with Crippen molar-refractivity contribution in [2.75, 3.05) is 11.4 Å². The summed E-state index contributed by atoms with van der Waals surface area (Å²) in [4.78, 5) is 41.2. The van der Waals surface area contributed by atoms with E-state index >= 15 is 0 Å². The lowest BCUT2D eigenvalue weighted by atomic mass is 10.1. The fourth-order valence-corrected chi connectivity index (χ4v) is 3.63. The van der Waals surface area contributed by atoms with Crippen molar-refractivity contribution < 1.29 is 24.7 Å². The molecule has 0 radical (unpaired) electrons. The summed E-state index contributed by atoms with van der Waals surface area (Å²) in [6.45, 7) is 0.908. The molecule has 4 rings (SSSR count). The smallest absolute Gasteiger partial charge is 0.323 e. The summed E-state index contributed by atoms with van der Waals surface area (Å²) in [7, 11) is 0. The number of hydrogen-bond acceptors (Lipinski definition) is 6. The van der Waals surface area contributed by atoms with Crippen LogP contribution in [0.1, 0.15) is 28.4 Å². The Morgan fingerprint density at radius 1 is 1.06 bits per heavy atom. The lowest BCUT2D eigenvalue weighted by molar-refractivity contribution is -0.136. The van der Waals surface area contributed by atoms with Gasteiger partial charge < -0.3 is 10.3 Å². The fourth-order valence-electron chi connectivity index (χ4n) is 3.63. The molecule has 1 amide bonds. The molecule has 0 spiro atoms. The number of imidazole rings is 1. The van der Waals surface area contributed by atoms with Crippen LogP contribution >= 0.6 is 0 Å². The van der Waals surface area contributed by atoms with Gasteiger partial charge in [-0.05, 0) is 61.0 Å². The predicted molar refractivity (Wildman–Crippen MR) is 133 cm³/mol. The Kier molecular flexibility index (Phi) is 6.61. The maximum absolute atomic E-state index is 12.9. The SMILES string of the molecule is CC(=O)c1ccc(/C=C/C(=O)N(CC(=O)O)c2ccc(-c3nc4ccc(C#N)cc4n3O)cc2)cc1. The minimum Gasteiger partial charge on any atom is -0.480 e. The van der Waals surface area contributed by atoms with Crippen molar-refractivity contribution in [2.24, 2.45) is 0 Å². The average molecular weight is 480 g/mol. The second kappa shape index (κ2) is 9.95. The number of ketones is 1. The number of Topliss-reactive ketones (excluding diaryl/α,β-unsaturated/α-hetero) is 1. The van der Waals surface area contributed by atoms with Crippen molar-refractivity contribution in [1.82, 2.24) is 9.71 Å². The summed E-state index contributed by atoms with van der Waals surface area (Å²) in [5, 5.41) is 29.0. The molecule has 4 aromatic rings. The van der Waals surface area contributed by atoms with Crippen LogP contribution in [0.4, 0.5) is 5.69 Å². The molecule has 0 aliphatic rings. The molecule has 0 fully saturated rings. The number of hydrogen-bond donors (Lipinski definition) is 2. The number of anilines is 1. The number of aromatic nitrogens is 2. The van der Waals surface area contributed by atoms with Gasteiger partial charge in [0.25, 0.3) is 5.91 Å². The van der Waals surface area contributed by atoms with Gasteiger partial charge in [-0.2, -0.15) is 9.99 Å². The summed E-state index contributed by atoms with van der Waals surface area (Å²) in [5.74, 6) is -1.56. The van der Waals surface area contributed by atoms with E-state index in [4.69, 9.17) is 5.26 Å². The largest absolute Gasteiger partial charge is 0.480 e. The van der Waals surface area contributed by atoms with Gasteiger partial charge >= 0.3 is 5.97 Å². The van der Waals surface area contributed by atoms with Gasteiger partial charge in [-0.15, -0.1) is 0 Å². The zero-order valence-corrected chi connectivity index (χ0v) is 19.1. The maximum atomic E-state index is 12.9. The Morgan fingerprint density at radius 3 is 2.36 bits per heavy atom. The van der Waals surface area contributed by atoms with Crippen LogP contribution in [0.25, 0.3) is 28.5 Å². The molecule has 1 heterocycles. The number of nitriles is 1. The number of carbonyl (C=O) groups excluding carboxylic acids is 2. The number of carboxylic acids is 1. The van der Waals surface area contributed by atoms with Gasteiger partial charge in [-0.3, -0.25) is 19.3 Å².